The molecule has 1 saturated heterocycles. The van der Waals surface area contributed by atoms with Gasteiger partial charge in [0.05, 0.1) is 23.9 Å². The Kier molecular flexibility index (Phi) is 2.39. The summed E-state index contributed by atoms with van der Waals surface area (Å²) >= 11 is 0. The molecule has 4 heteroatoms. The molecule has 1 heterocycles. The second kappa shape index (κ2) is 3.17. The van der Waals surface area contributed by atoms with Gasteiger partial charge in [-0.2, -0.15) is 0 Å². The molecule has 1 aliphatic heterocycles. The monoisotopic (exact) mass is 215 g/mol. The molecule has 1 aliphatic carbocycles. The number of hydrogen-bond donors (Lipinski definition) is 2. The molecule has 0 aromatic rings. The predicted molar refractivity (Wildman–Crippen MR) is 56.5 cm³/mol. The second-order valence-corrected chi connectivity index (χ2v) is 5.68. The Bertz CT molecular complexity index is 261. The molecule has 0 aromatic heterocycles. The van der Waals surface area contributed by atoms with Gasteiger partial charge >= 0.3 is 0 Å². The Morgan fingerprint density at radius 1 is 1.40 bits per heavy atom. The van der Waals surface area contributed by atoms with Gasteiger partial charge < -0.3 is 20.3 Å². The molecule has 88 valence electrons. The van der Waals surface area contributed by atoms with Crippen molar-refractivity contribution in [2.45, 2.75) is 56.0 Å². The van der Waals surface area contributed by atoms with E-state index in [4.69, 9.17) is 15.2 Å². The van der Waals surface area contributed by atoms with Crippen LogP contribution in [0.4, 0.5) is 0 Å². The van der Waals surface area contributed by atoms with Crippen LogP contribution in [0.25, 0.3) is 0 Å². The van der Waals surface area contributed by atoms with Crippen molar-refractivity contribution >= 4 is 0 Å². The van der Waals surface area contributed by atoms with E-state index >= 15 is 0 Å². The first-order valence-corrected chi connectivity index (χ1v) is 5.48. The van der Waals surface area contributed by atoms with Gasteiger partial charge in [-0.05, 0) is 26.7 Å². The second-order valence-electron chi connectivity index (χ2n) is 5.68. The molecule has 1 atom stereocenters. The van der Waals surface area contributed by atoms with Crippen LogP contribution in [-0.4, -0.2) is 41.7 Å². The zero-order chi connectivity index (χ0) is 11.3. The molecular formula is C11H21NO3. The molecule has 0 bridgehead atoms. The van der Waals surface area contributed by atoms with Crippen LogP contribution >= 0.6 is 0 Å². The molecule has 1 saturated carbocycles. The number of methoxy groups -OCH3 is 1. The minimum absolute atomic E-state index is 0.197. The highest BCUT2D eigenvalue weighted by Crippen LogP contribution is 2.47. The van der Waals surface area contributed by atoms with Crippen molar-refractivity contribution in [1.29, 1.82) is 0 Å². The number of ether oxygens (including phenoxy) is 2. The van der Waals surface area contributed by atoms with E-state index in [2.05, 4.69) is 0 Å². The van der Waals surface area contributed by atoms with Gasteiger partial charge in [-0.3, -0.25) is 0 Å². The molecule has 2 aliphatic rings. The van der Waals surface area contributed by atoms with Gasteiger partial charge in [0, 0.05) is 13.5 Å². The topological polar surface area (TPSA) is 64.7 Å². The van der Waals surface area contributed by atoms with E-state index in [0.717, 1.165) is 12.8 Å². The van der Waals surface area contributed by atoms with E-state index < -0.39 is 11.1 Å². The van der Waals surface area contributed by atoms with Gasteiger partial charge in [0.15, 0.2) is 0 Å². The lowest BCUT2D eigenvalue weighted by Gasteiger charge is -2.52. The SMILES string of the molecule is COC1CC(N)(C2(O)COC(C)(C)C2)C1. The van der Waals surface area contributed by atoms with E-state index in [9.17, 15) is 5.11 Å². The first kappa shape index (κ1) is 11.3. The fourth-order valence-corrected chi connectivity index (χ4v) is 2.74. The molecule has 0 amide bonds. The van der Waals surface area contributed by atoms with Crippen molar-refractivity contribution in [3.05, 3.63) is 0 Å². The first-order chi connectivity index (χ1) is 6.80. The normalized spacial score (nSPS) is 49.0. The predicted octanol–water partition coefficient (Wildman–Crippen LogP) is 0.423. The Morgan fingerprint density at radius 3 is 2.40 bits per heavy atom. The number of nitrogens with two attached hydrogens (primary N) is 1. The van der Waals surface area contributed by atoms with Crippen molar-refractivity contribution in [2.24, 2.45) is 5.73 Å². The highest BCUT2D eigenvalue weighted by atomic mass is 16.5. The van der Waals surface area contributed by atoms with Crippen molar-refractivity contribution in [2.75, 3.05) is 13.7 Å². The number of aliphatic hydroxyl groups is 1. The summed E-state index contributed by atoms with van der Waals surface area (Å²) in [6.07, 6.45) is 2.24. The zero-order valence-electron chi connectivity index (χ0n) is 9.75. The summed E-state index contributed by atoms with van der Waals surface area (Å²) < 4.78 is 10.8. The Morgan fingerprint density at radius 2 is 2.00 bits per heavy atom. The van der Waals surface area contributed by atoms with Crippen LogP contribution in [0.5, 0.6) is 0 Å². The average Bonchev–Trinajstić information content (AvgIpc) is 2.36. The molecule has 3 N–H and O–H groups in total. The van der Waals surface area contributed by atoms with Crippen LogP contribution in [0.3, 0.4) is 0 Å². The third-order valence-electron chi connectivity index (χ3n) is 3.86. The Balaban J connectivity index is 2.05. The fraction of sp³-hybridized carbons (Fsp3) is 1.00. The fourth-order valence-electron chi connectivity index (χ4n) is 2.74. The summed E-state index contributed by atoms with van der Waals surface area (Å²) in [7, 11) is 1.68. The molecule has 1 unspecified atom stereocenters. The Hall–Kier alpha value is -0.160. The molecule has 0 spiro atoms. The highest BCUT2D eigenvalue weighted by Gasteiger charge is 2.60. The van der Waals surface area contributed by atoms with E-state index in [1.165, 1.54) is 0 Å². The minimum Gasteiger partial charge on any atom is -0.385 e. The maximum absolute atomic E-state index is 10.5. The van der Waals surface area contributed by atoms with Crippen LogP contribution in [0.15, 0.2) is 0 Å². The van der Waals surface area contributed by atoms with Crippen LogP contribution in [-0.2, 0) is 9.47 Å². The lowest BCUT2D eigenvalue weighted by molar-refractivity contribution is -0.126. The van der Waals surface area contributed by atoms with Crippen molar-refractivity contribution in [1.82, 2.24) is 0 Å². The van der Waals surface area contributed by atoms with E-state index in [0.29, 0.717) is 13.0 Å². The summed E-state index contributed by atoms with van der Waals surface area (Å²) in [4.78, 5) is 0. The standard InChI is InChI=1S/C11H21NO3/c1-9(2)6-11(13,7-15-9)10(12)4-8(5-10)14-3/h8,13H,4-7,12H2,1-3H3. The van der Waals surface area contributed by atoms with Gasteiger partial charge in [0.2, 0.25) is 0 Å². The molecule has 2 rings (SSSR count). The van der Waals surface area contributed by atoms with Gasteiger partial charge in [0.25, 0.3) is 0 Å². The lowest BCUT2D eigenvalue weighted by atomic mass is 9.63. The van der Waals surface area contributed by atoms with E-state index in [-0.39, 0.29) is 11.7 Å². The van der Waals surface area contributed by atoms with Gasteiger partial charge in [-0.25, -0.2) is 0 Å². The summed E-state index contributed by atoms with van der Waals surface area (Å²) in [5.74, 6) is 0. The number of hydrogen-bond acceptors (Lipinski definition) is 4. The van der Waals surface area contributed by atoms with Gasteiger partial charge in [-0.15, -0.1) is 0 Å². The van der Waals surface area contributed by atoms with Gasteiger partial charge in [0.1, 0.15) is 5.60 Å². The van der Waals surface area contributed by atoms with Crippen LogP contribution in [0, 0.1) is 0 Å². The number of rotatable bonds is 2. The minimum atomic E-state index is -0.883. The average molecular weight is 215 g/mol. The van der Waals surface area contributed by atoms with Crippen molar-refractivity contribution in [3.8, 4) is 0 Å². The molecule has 4 nitrogen and oxygen atoms in total. The molecule has 2 fully saturated rings. The molecule has 0 radical (unpaired) electrons. The van der Waals surface area contributed by atoms with E-state index in [1.54, 1.807) is 7.11 Å². The first-order valence-electron chi connectivity index (χ1n) is 5.48. The van der Waals surface area contributed by atoms with E-state index in [1.807, 2.05) is 13.8 Å². The van der Waals surface area contributed by atoms with Crippen LogP contribution in [0.2, 0.25) is 0 Å². The summed E-state index contributed by atoms with van der Waals surface area (Å²) in [6.45, 7) is 4.31. The zero-order valence-corrected chi connectivity index (χ0v) is 9.75. The largest absolute Gasteiger partial charge is 0.385 e. The smallest absolute Gasteiger partial charge is 0.109 e. The Labute approximate surface area is 90.7 Å². The maximum atomic E-state index is 10.5. The molecule has 0 aromatic carbocycles. The summed E-state index contributed by atoms with van der Waals surface area (Å²) in [6, 6.07) is 0. The summed E-state index contributed by atoms with van der Waals surface area (Å²) in [5.41, 5.74) is 4.55. The summed E-state index contributed by atoms with van der Waals surface area (Å²) in [5, 5.41) is 10.5. The van der Waals surface area contributed by atoms with Crippen molar-refractivity contribution < 1.29 is 14.6 Å². The lowest BCUT2D eigenvalue weighted by Crippen LogP contribution is -2.69. The quantitative estimate of drug-likeness (QED) is 0.701. The van der Waals surface area contributed by atoms with Gasteiger partial charge in [-0.1, -0.05) is 0 Å². The third-order valence-corrected chi connectivity index (χ3v) is 3.86. The highest BCUT2D eigenvalue weighted by molar-refractivity contribution is 5.16. The van der Waals surface area contributed by atoms with Crippen molar-refractivity contribution in [3.63, 3.8) is 0 Å². The maximum Gasteiger partial charge on any atom is 0.109 e. The molecular weight excluding hydrogens is 194 g/mol. The van der Waals surface area contributed by atoms with Crippen LogP contribution in [0.1, 0.15) is 33.1 Å². The van der Waals surface area contributed by atoms with Crippen LogP contribution < -0.4 is 5.73 Å². The molecule has 15 heavy (non-hydrogen) atoms. The third kappa shape index (κ3) is 1.69.